The number of carboxylic acid groups (broad SMARTS) is 1. The van der Waals surface area contributed by atoms with Crippen molar-refractivity contribution < 1.29 is 19.4 Å². The lowest BCUT2D eigenvalue weighted by molar-refractivity contribution is -0.151. The molecule has 106 valence electrons. The van der Waals surface area contributed by atoms with E-state index in [2.05, 4.69) is 0 Å². The number of carbonyl (C=O) groups is 2. The van der Waals surface area contributed by atoms with E-state index in [1.54, 1.807) is 17.0 Å². The van der Waals surface area contributed by atoms with Crippen LogP contribution in [-0.2, 0) is 20.7 Å². The van der Waals surface area contributed by atoms with Crippen LogP contribution in [-0.4, -0.2) is 35.7 Å². The zero-order chi connectivity index (χ0) is 14.3. The molecule has 2 aliphatic rings. The van der Waals surface area contributed by atoms with Gasteiger partial charge in [-0.25, -0.2) is 4.79 Å². The number of carboxylic acids is 1. The summed E-state index contributed by atoms with van der Waals surface area (Å²) in [6.45, 7) is 0.589. The summed E-state index contributed by atoms with van der Waals surface area (Å²) in [7, 11) is 0. The molecular weight excluding hydrogens is 282 g/mol. The van der Waals surface area contributed by atoms with Gasteiger partial charge in [0.2, 0.25) is 0 Å². The number of halogens is 1. The molecule has 1 aromatic rings. The molecule has 20 heavy (non-hydrogen) atoms. The molecule has 0 unspecified atom stereocenters. The lowest BCUT2D eigenvalue weighted by Gasteiger charge is -2.21. The van der Waals surface area contributed by atoms with Gasteiger partial charge in [0.1, 0.15) is 6.10 Å². The topological polar surface area (TPSA) is 66.8 Å². The second-order valence-electron chi connectivity index (χ2n) is 5.04. The fourth-order valence-corrected chi connectivity index (χ4v) is 2.92. The van der Waals surface area contributed by atoms with Crippen LogP contribution >= 0.6 is 11.6 Å². The van der Waals surface area contributed by atoms with E-state index in [0.29, 0.717) is 24.4 Å². The van der Waals surface area contributed by atoms with Crippen molar-refractivity contribution in [3.8, 4) is 0 Å². The molecule has 0 aromatic heterocycles. The second kappa shape index (κ2) is 5.07. The fourth-order valence-electron chi connectivity index (χ4n) is 2.76. The molecule has 3 rings (SSSR count). The van der Waals surface area contributed by atoms with Crippen LogP contribution in [0.4, 0.5) is 5.69 Å². The molecule has 0 aliphatic carbocycles. The molecule has 2 aliphatic heterocycles. The molecule has 6 heteroatoms. The predicted molar refractivity (Wildman–Crippen MR) is 73.0 cm³/mol. The molecule has 1 aromatic carbocycles. The Kier molecular flexibility index (Phi) is 3.40. The molecule has 1 saturated heterocycles. The van der Waals surface area contributed by atoms with Crippen LogP contribution in [0.2, 0.25) is 5.02 Å². The summed E-state index contributed by atoms with van der Waals surface area (Å²) < 4.78 is 5.32. The first-order valence-corrected chi connectivity index (χ1v) is 6.92. The van der Waals surface area contributed by atoms with Crippen molar-refractivity contribution in [3.05, 3.63) is 28.8 Å². The lowest BCUT2D eigenvalue weighted by Crippen LogP contribution is -2.38. The first-order chi connectivity index (χ1) is 9.56. The van der Waals surface area contributed by atoms with Crippen molar-refractivity contribution >= 4 is 29.2 Å². The van der Waals surface area contributed by atoms with Gasteiger partial charge in [-0.1, -0.05) is 17.7 Å². The third kappa shape index (κ3) is 2.27. The van der Waals surface area contributed by atoms with Crippen molar-refractivity contribution in [1.82, 2.24) is 0 Å². The molecule has 0 bridgehead atoms. The monoisotopic (exact) mass is 295 g/mol. The maximum Gasteiger partial charge on any atom is 0.332 e. The number of rotatable bonds is 2. The van der Waals surface area contributed by atoms with Crippen LogP contribution in [0, 0.1) is 0 Å². The van der Waals surface area contributed by atoms with Gasteiger partial charge in [0, 0.05) is 17.3 Å². The van der Waals surface area contributed by atoms with Crippen molar-refractivity contribution in [3.63, 3.8) is 0 Å². The maximum absolute atomic E-state index is 12.5. The Bertz CT molecular complexity index is 574. The van der Waals surface area contributed by atoms with Crippen molar-refractivity contribution in [2.75, 3.05) is 11.4 Å². The molecule has 2 atom stereocenters. The Morgan fingerprint density at radius 3 is 2.75 bits per heavy atom. The Hall–Kier alpha value is -1.59. The number of carbonyl (C=O) groups excluding carboxylic acids is 1. The van der Waals surface area contributed by atoms with E-state index in [9.17, 15) is 9.59 Å². The van der Waals surface area contributed by atoms with Gasteiger partial charge in [-0.05, 0) is 37.0 Å². The Balaban J connectivity index is 1.77. The molecule has 0 saturated carbocycles. The van der Waals surface area contributed by atoms with Crippen LogP contribution < -0.4 is 4.90 Å². The van der Waals surface area contributed by atoms with E-state index < -0.39 is 18.2 Å². The van der Waals surface area contributed by atoms with Gasteiger partial charge >= 0.3 is 5.97 Å². The van der Waals surface area contributed by atoms with Crippen LogP contribution in [0.1, 0.15) is 18.4 Å². The molecule has 0 spiro atoms. The van der Waals surface area contributed by atoms with Crippen molar-refractivity contribution in [2.24, 2.45) is 0 Å². The number of hydrogen-bond donors (Lipinski definition) is 1. The van der Waals surface area contributed by atoms with E-state index in [0.717, 1.165) is 17.7 Å². The molecule has 1 fully saturated rings. The molecule has 5 nitrogen and oxygen atoms in total. The van der Waals surface area contributed by atoms with Crippen molar-refractivity contribution in [1.29, 1.82) is 0 Å². The predicted octanol–water partition coefficient (Wildman–Crippen LogP) is 1.86. The number of hydrogen-bond acceptors (Lipinski definition) is 3. The highest BCUT2D eigenvalue weighted by Crippen LogP contribution is 2.33. The average Bonchev–Trinajstić information content (AvgIpc) is 3.04. The zero-order valence-corrected chi connectivity index (χ0v) is 11.5. The van der Waals surface area contributed by atoms with Gasteiger partial charge in [-0.2, -0.15) is 0 Å². The molecule has 2 heterocycles. The third-order valence-corrected chi connectivity index (χ3v) is 4.01. The van der Waals surface area contributed by atoms with Gasteiger partial charge in [0.05, 0.1) is 0 Å². The smallest absolute Gasteiger partial charge is 0.332 e. The summed E-state index contributed by atoms with van der Waals surface area (Å²) in [6.07, 6.45) is 0.0729. The minimum absolute atomic E-state index is 0.172. The van der Waals surface area contributed by atoms with E-state index >= 15 is 0 Å². The van der Waals surface area contributed by atoms with E-state index in [1.807, 2.05) is 6.07 Å². The van der Waals surface area contributed by atoms with Gasteiger partial charge in [0.25, 0.3) is 5.91 Å². The lowest BCUT2D eigenvalue weighted by atomic mass is 10.1. The van der Waals surface area contributed by atoms with Crippen LogP contribution in [0.5, 0.6) is 0 Å². The average molecular weight is 296 g/mol. The van der Waals surface area contributed by atoms with Gasteiger partial charge in [0.15, 0.2) is 6.10 Å². The Morgan fingerprint density at radius 2 is 2.05 bits per heavy atom. The number of aliphatic carboxylic acids is 1. The van der Waals surface area contributed by atoms with Crippen molar-refractivity contribution in [2.45, 2.75) is 31.5 Å². The summed E-state index contributed by atoms with van der Waals surface area (Å²) in [5.74, 6) is -1.18. The molecule has 1 N–H and O–H groups in total. The summed E-state index contributed by atoms with van der Waals surface area (Å²) in [6, 6.07) is 5.49. The number of benzene rings is 1. The summed E-state index contributed by atoms with van der Waals surface area (Å²) in [5, 5.41) is 9.49. The van der Waals surface area contributed by atoms with Gasteiger partial charge < -0.3 is 14.7 Å². The first-order valence-electron chi connectivity index (χ1n) is 6.54. The number of fused-ring (bicyclic) bond motifs is 1. The SMILES string of the molecule is O=C(O)[C@H]1CC[C@@H](C(=O)N2CCc3ccc(Cl)cc32)O1. The van der Waals surface area contributed by atoms with E-state index in [1.165, 1.54) is 0 Å². The van der Waals surface area contributed by atoms with Gasteiger partial charge in [-0.15, -0.1) is 0 Å². The van der Waals surface area contributed by atoms with Gasteiger partial charge in [-0.3, -0.25) is 4.79 Å². The second-order valence-corrected chi connectivity index (χ2v) is 5.48. The summed E-state index contributed by atoms with van der Waals surface area (Å²) in [5.41, 5.74) is 1.89. The first kappa shape index (κ1) is 13.4. The van der Waals surface area contributed by atoms with Crippen LogP contribution in [0.25, 0.3) is 0 Å². The molecule has 0 radical (unpaired) electrons. The van der Waals surface area contributed by atoms with Crippen LogP contribution in [0.15, 0.2) is 18.2 Å². The number of amides is 1. The highest BCUT2D eigenvalue weighted by atomic mass is 35.5. The minimum Gasteiger partial charge on any atom is -0.479 e. The Morgan fingerprint density at radius 1 is 1.30 bits per heavy atom. The standard InChI is InChI=1S/C14H14ClNO4/c15-9-2-1-8-5-6-16(10(8)7-9)13(17)11-3-4-12(20-11)14(18)19/h1-2,7,11-12H,3-6H2,(H,18,19)/t11-,12+/m0/s1. The largest absolute Gasteiger partial charge is 0.479 e. The van der Waals surface area contributed by atoms with E-state index in [-0.39, 0.29) is 5.91 Å². The summed E-state index contributed by atoms with van der Waals surface area (Å²) >= 11 is 5.97. The highest BCUT2D eigenvalue weighted by Gasteiger charge is 2.38. The highest BCUT2D eigenvalue weighted by molar-refractivity contribution is 6.31. The quantitative estimate of drug-likeness (QED) is 0.904. The zero-order valence-electron chi connectivity index (χ0n) is 10.7. The van der Waals surface area contributed by atoms with Crippen LogP contribution in [0.3, 0.4) is 0 Å². The summed E-state index contributed by atoms with van der Waals surface area (Å²) in [4.78, 5) is 25.0. The Labute approximate surface area is 121 Å². The number of anilines is 1. The molecule has 1 amide bonds. The number of ether oxygens (including phenoxy) is 1. The third-order valence-electron chi connectivity index (χ3n) is 3.78. The number of nitrogens with zero attached hydrogens (tertiary/aromatic N) is 1. The normalized spacial score (nSPS) is 24.8. The fraction of sp³-hybridized carbons (Fsp3) is 0.429. The maximum atomic E-state index is 12.5. The van der Waals surface area contributed by atoms with E-state index in [4.69, 9.17) is 21.4 Å². The minimum atomic E-state index is -1.01. The molecular formula is C14H14ClNO4.